The molecule has 1 heterocycles. The summed E-state index contributed by atoms with van der Waals surface area (Å²) in [4.78, 5) is 4.01. The lowest BCUT2D eigenvalue weighted by molar-refractivity contribution is 0.613. The molecular weight excluding hydrogens is 231 g/mol. The Labute approximate surface area is 104 Å². The Bertz CT molecular complexity index is 604. The van der Waals surface area contributed by atoms with Crippen molar-refractivity contribution in [1.82, 2.24) is 4.98 Å². The number of nitrogen functional groups attached to an aromatic ring is 1. The number of anilines is 2. The zero-order chi connectivity index (χ0) is 13.0. The van der Waals surface area contributed by atoms with Crippen LogP contribution in [0.3, 0.4) is 0 Å². The number of halogens is 1. The van der Waals surface area contributed by atoms with E-state index in [1.165, 1.54) is 18.3 Å². The van der Waals surface area contributed by atoms with Crippen LogP contribution in [0.25, 0.3) is 0 Å². The highest BCUT2D eigenvalue weighted by Gasteiger charge is 2.05. The molecule has 0 bridgehead atoms. The van der Waals surface area contributed by atoms with Crippen molar-refractivity contribution < 1.29 is 4.39 Å². The Kier molecular flexibility index (Phi) is 3.39. The van der Waals surface area contributed by atoms with Crippen molar-refractivity contribution in [3.63, 3.8) is 0 Å². The van der Waals surface area contributed by atoms with Gasteiger partial charge in [0, 0.05) is 12.1 Å². The minimum Gasteiger partial charge on any atom is -0.397 e. The van der Waals surface area contributed by atoms with Crippen LogP contribution in [-0.2, 0) is 6.54 Å². The van der Waals surface area contributed by atoms with Gasteiger partial charge in [-0.1, -0.05) is 18.2 Å². The summed E-state index contributed by atoms with van der Waals surface area (Å²) in [6.45, 7) is 0.262. The summed E-state index contributed by atoms with van der Waals surface area (Å²) in [6, 6.07) is 9.95. The van der Waals surface area contributed by atoms with Gasteiger partial charge in [-0.2, -0.15) is 5.26 Å². The average molecular weight is 242 g/mol. The summed E-state index contributed by atoms with van der Waals surface area (Å²) in [6.07, 6.45) is 1.45. The number of hydrogen-bond acceptors (Lipinski definition) is 4. The lowest BCUT2D eigenvalue weighted by Gasteiger charge is -2.08. The van der Waals surface area contributed by atoms with Crippen LogP contribution in [-0.4, -0.2) is 4.98 Å². The van der Waals surface area contributed by atoms with Crippen molar-refractivity contribution in [3.8, 4) is 6.07 Å². The second-order valence-electron chi connectivity index (χ2n) is 3.72. The zero-order valence-corrected chi connectivity index (χ0v) is 9.52. The molecule has 0 atom stereocenters. The van der Waals surface area contributed by atoms with Crippen LogP contribution >= 0.6 is 0 Å². The van der Waals surface area contributed by atoms with Crippen LogP contribution in [0.1, 0.15) is 11.1 Å². The van der Waals surface area contributed by atoms with E-state index in [1.807, 2.05) is 6.07 Å². The molecular formula is C13H11FN4. The zero-order valence-electron chi connectivity index (χ0n) is 9.52. The van der Waals surface area contributed by atoms with Crippen LogP contribution in [0.2, 0.25) is 0 Å². The Balaban J connectivity index is 2.16. The van der Waals surface area contributed by atoms with Gasteiger partial charge < -0.3 is 11.1 Å². The van der Waals surface area contributed by atoms with Crippen molar-refractivity contribution in [2.45, 2.75) is 6.54 Å². The molecule has 5 heteroatoms. The van der Waals surface area contributed by atoms with Crippen molar-refractivity contribution in [3.05, 3.63) is 53.5 Å². The predicted octanol–water partition coefficient (Wildman–Crippen LogP) is 2.29. The van der Waals surface area contributed by atoms with Crippen molar-refractivity contribution >= 4 is 11.5 Å². The van der Waals surface area contributed by atoms with Crippen LogP contribution < -0.4 is 11.1 Å². The Hall–Kier alpha value is -2.61. The molecule has 2 rings (SSSR count). The SMILES string of the molecule is N#Cc1cc(N)cnc1NCc1ccccc1F. The van der Waals surface area contributed by atoms with Gasteiger partial charge in [0.2, 0.25) is 0 Å². The topological polar surface area (TPSA) is 74.7 Å². The molecule has 0 aliphatic heterocycles. The molecule has 18 heavy (non-hydrogen) atoms. The van der Waals surface area contributed by atoms with E-state index < -0.39 is 0 Å². The fraction of sp³-hybridized carbons (Fsp3) is 0.0769. The Morgan fingerprint density at radius 1 is 1.39 bits per heavy atom. The highest BCUT2D eigenvalue weighted by atomic mass is 19.1. The van der Waals surface area contributed by atoms with Crippen molar-refractivity contribution in [2.24, 2.45) is 0 Å². The number of nitrogens with two attached hydrogens (primary N) is 1. The maximum Gasteiger partial charge on any atom is 0.144 e. The maximum absolute atomic E-state index is 13.4. The molecule has 0 saturated carbocycles. The molecule has 0 radical (unpaired) electrons. The molecule has 0 amide bonds. The summed E-state index contributed by atoms with van der Waals surface area (Å²) in [7, 11) is 0. The van der Waals surface area contributed by atoms with E-state index in [0.29, 0.717) is 22.6 Å². The fourth-order valence-corrected chi connectivity index (χ4v) is 1.53. The standard InChI is InChI=1S/C13H11FN4/c14-12-4-2-1-3-9(12)7-17-13-10(6-15)5-11(16)8-18-13/h1-5,8H,7,16H2,(H,17,18). The molecule has 4 nitrogen and oxygen atoms in total. The first-order valence-electron chi connectivity index (χ1n) is 5.33. The summed E-state index contributed by atoms with van der Waals surface area (Å²) in [5.41, 5.74) is 6.81. The lowest BCUT2D eigenvalue weighted by Crippen LogP contribution is -2.05. The van der Waals surface area contributed by atoms with Crippen LogP contribution in [0, 0.1) is 17.1 Å². The quantitative estimate of drug-likeness (QED) is 0.865. The van der Waals surface area contributed by atoms with E-state index in [1.54, 1.807) is 18.2 Å². The van der Waals surface area contributed by atoms with Gasteiger partial charge in [-0.15, -0.1) is 0 Å². The predicted molar refractivity (Wildman–Crippen MR) is 67.1 cm³/mol. The van der Waals surface area contributed by atoms with Crippen molar-refractivity contribution in [2.75, 3.05) is 11.1 Å². The van der Waals surface area contributed by atoms with Gasteiger partial charge in [0.1, 0.15) is 17.7 Å². The second-order valence-corrected chi connectivity index (χ2v) is 3.72. The number of rotatable bonds is 3. The van der Waals surface area contributed by atoms with Gasteiger partial charge in [0.05, 0.1) is 17.4 Å². The third-order valence-corrected chi connectivity index (χ3v) is 2.43. The Morgan fingerprint density at radius 3 is 2.89 bits per heavy atom. The van der Waals surface area contributed by atoms with E-state index >= 15 is 0 Å². The number of benzene rings is 1. The number of nitriles is 1. The van der Waals surface area contributed by atoms with Gasteiger partial charge in [0.15, 0.2) is 0 Å². The second kappa shape index (κ2) is 5.15. The van der Waals surface area contributed by atoms with Gasteiger partial charge in [0.25, 0.3) is 0 Å². The number of pyridine rings is 1. The first-order chi connectivity index (χ1) is 8.70. The average Bonchev–Trinajstić information content (AvgIpc) is 2.39. The third-order valence-electron chi connectivity index (χ3n) is 2.43. The molecule has 90 valence electrons. The number of hydrogen-bond donors (Lipinski definition) is 2. The minimum atomic E-state index is -0.293. The highest BCUT2D eigenvalue weighted by molar-refractivity contribution is 5.57. The monoisotopic (exact) mass is 242 g/mol. The molecule has 2 aromatic rings. The molecule has 1 aromatic heterocycles. The fourth-order valence-electron chi connectivity index (χ4n) is 1.53. The molecule has 0 unspecified atom stereocenters. The van der Waals surface area contributed by atoms with Gasteiger partial charge >= 0.3 is 0 Å². The molecule has 0 saturated heterocycles. The molecule has 3 N–H and O–H groups in total. The highest BCUT2D eigenvalue weighted by Crippen LogP contribution is 2.16. The smallest absolute Gasteiger partial charge is 0.144 e. The summed E-state index contributed by atoms with van der Waals surface area (Å²) in [5.74, 6) is 0.105. The molecule has 0 spiro atoms. The first kappa shape index (κ1) is 11.9. The molecule has 0 aliphatic rings. The first-order valence-corrected chi connectivity index (χ1v) is 5.33. The van der Waals surface area contributed by atoms with E-state index in [-0.39, 0.29) is 12.4 Å². The van der Waals surface area contributed by atoms with Gasteiger partial charge in [-0.05, 0) is 12.1 Å². The Morgan fingerprint density at radius 2 is 2.17 bits per heavy atom. The third kappa shape index (κ3) is 2.55. The number of nitrogens with one attached hydrogen (secondary N) is 1. The van der Waals surface area contributed by atoms with E-state index in [0.717, 1.165) is 0 Å². The van der Waals surface area contributed by atoms with Crippen LogP contribution in [0.15, 0.2) is 36.5 Å². The van der Waals surface area contributed by atoms with Gasteiger partial charge in [-0.25, -0.2) is 9.37 Å². The van der Waals surface area contributed by atoms with Crippen LogP contribution in [0.5, 0.6) is 0 Å². The maximum atomic E-state index is 13.4. The number of nitrogens with zero attached hydrogens (tertiary/aromatic N) is 2. The van der Waals surface area contributed by atoms with E-state index in [9.17, 15) is 4.39 Å². The van der Waals surface area contributed by atoms with Gasteiger partial charge in [-0.3, -0.25) is 0 Å². The summed E-state index contributed by atoms with van der Waals surface area (Å²) < 4.78 is 13.4. The van der Waals surface area contributed by atoms with Crippen LogP contribution in [0.4, 0.5) is 15.9 Å². The van der Waals surface area contributed by atoms with E-state index in [4.69, 9.17) is 11.0 Å². The molecule has 0 fully saturated rings. The summed E-state index contributed by atoms with van der Waals surface area (Å²) in [5, 5.41) is 11.9. The summed E-state index contributed by atoms with van der Waals surface area (Å²) >= 11 is 0. The number of aromatic nitrogens is 1. The largest absolute Gasteiger partial charge is 0.397 e. The minimum absolute atomic E-state index is 0.262. The van der Waals surface area contributed by atoms with Crippen molar-refractivity contribution in [1.29, 1.82) is 5.26 Å². The lowest BCUT2D eigenvalue weighted by atomic mass is 10.2. The molecule has 1 aromatic carbocycles. The normalized spacial score (nSPS) is 9.78. The molecule has 0 aliphatic carbocycles. The van der Waals surface area contributed by atoms with E-state index in [2.05, 4.69) is 10.3 Å².